The molecular formula is C15H30Hf-6. The number of hydrogen-bond donors (Lipinski definition) is 0. The SMILES string of the molecule is [C-]1=CC=CC1.[CH2-]C.[CH2-]C.[CH2-]C.[CH2-]C.[CH2-]C.[Hf]. The van der Waals surface area contributed by atoms with Gasteiger partial charge >= 0.3 is 0 Å². The van der Waals surface area contributed by atoms with Crippen LogP contribution in [0.25, 0.3) is 0 Å². The molecule has 1 aliphatic rings. The first kappa shape index (κ1) is 36.0. The molecule has 0 amide bonds. The first-order valence-corrected chi connectivity index (χ1v) is 5.25. The Morgan fingerprint density at radius 1 is 0.750 bits per heavy atom. The van der Waals surface area contributed by atoms with Crippen molar-refractivity contribution in [3.05, 3.63) is 58.9 Å². The van der Waals surface area contributed by atoms with Crippen molar-refractivity contribution in [2.24, 2.45) is 0 Å². The molecule has 0 N–H and O–H groups in total. The molecule has 0 spiro atoms. The summed E-state index contributed by atoms with van der Waals surface area (Å²) >= 11 is 0. The standard InChI is InChI=1S/C5H5.5C2H5.Hf/c1-2-4-5-3-1;5*1-2;/h1-3H,4H2;5*1H2,2H3;/q6*-1;. The largest absolute Gasteiger partial charge is 0.346 e. The molecule has 0 aromatic carbocycles. The van der Waals surface area contributed by atoms with E-state index in [0.717, 1.165) is 6.42 Å². The second-order valence-electron chi connectivity index (χ2n) is 1.00. The van der Waals surface area contributed by atoms with Crippen LogP contribution in [0.5, 0.6) is 0 Å². The topological polar surface area (TPSA) is 0 Å². The van der Waals surface area contributed by atoms with Crippen LogP contribution in [0.15, 0.2) is 18.2 Å². The summed E-state index contributed by atoms with van der Waals surface area (Å²) in [6, 6.07) is 0. The maximum absolute atomic E-state index is 3.25. The second-order valence-corrected chi connectivity index (χ2v) is 1.00. The molecule has 100 valence electrons. The van der Waals surface area contributed by atoms with Gasteiger partial charge in [-0.1, -0.05) is 0 Å². The van der Waals surface area contributed by atoms with Gasteiger partial charge in [0.15, 0.2) is 0 Å². The van der Waals surface area contributed by atoms with E-state index in [-0.39, 0.29) is 25.8 Å². The molecule has 0 atom stereocenters. The summed E-state index contributed by atoms with van der Waals surface area (Å²) in [5.41, 5.74) is 0. The minimum atomic E-state index is 0. The molecule has 0 bridgehead atoms. The third-order valence-electron chi connectivity index (χ3n) is 0.586. The summed E-state index contributed by atoms with van der Waals surface area (Å²) in [6.45, 7) is 25.0. The molecule has 0 unspecified atom stereocenters. The smallest absolute Gasteiger partial charge is 0 e. The predicted molar refractivity (Wildman–Crippen MR) is 76.7 cm³/mol. The molecule has 0 nitrogen and oxygen atoms in total. The molecule has 0 radical (unpaired) electrons. The fourth-order valence-corrected chi connectivity index (χ4v) is 0.340. The Hall–Kier alpha value is 0.350. The molecule has 1 aliphatic carbocycles. The van der Waals surface area contributed by atoms with Crippen molar-refractivity contribution in [3.8, 4) is 0 Å². The molecule has 1 rings (SSSR count). The molecule has 1 heteroatoms. The Morgan fingerprint density at radius 3 is 1.12 bits per heavy atom. The van der Waals surface area contributed by atoms with Gasteiger partial charge in [-0.3, -0.25) is 6.08 Å². The summed E-state index contributed by atoms with van der Waals surface area (Å²) in [7, 11) is 0. The van der Waals surface area contributed by atoms with Gasteiger partial charge in [-0.15, -0.1) is 6.42 Å². The maximum Gasteiger partial charge on any atom is 0 e. The van der Waals surface area contributed by atoms with Crippen LogP contribution in [-0.2, 0) is 25.8 Å². The molecule has 0 heterocycles. The number of rotatable bonds is 0. The Bertz CT molecular complexity index is 63.5. The Kier molecular flexibility index (Phi) is 248. The van der Waals surface area contributed by atoms with Crippen LogP contribution in [0, 0.1) is 40.7 Å². The van der Waals surface area contributed by atoms with Crippen molar-refractivity contribution < 1.29 is 25.8 Å². The summed E-state index contributed by atoms with van der Waals surface area (Å²) in [5.74, 6) is 0. The minimum Gasteiger partial charge on any atom is -0.346 e. The molecule has 0 aromatic rings. The van der Waals surface area contributed by atoms with Crippen LogP contribution in [0.4, 0.5) is 0 Å². The predicted octanol–water partition coefficient (Wildman–Crippen LogP) is 5.51. The summed E-state index contributed by atoms with van der Waals surface area (Å²) in [5, 5.41) is 0. The summed E-state index contributed by atoms with van der Waals surface area (Å²) in [4.78, 5) is 0. The molecule has 0 saturated heterocycles. The zero-order chi connectivity index (χ0) is 13.5. The van der Waals surface area contributed by atoms with Crippen LogP contribution in [0.2, 0.25) is 0 Å². The molecule has 16 heavy (non-hydrogen) atoms. The van der Waals surface area contributed by atoms with E-state index in [9.17, 15) is 0 Å². The van der Waals surface area contributed by atoms with Gasteiger partial charge in [0.1, 0.15) is 0 Å². The number of allylic oxidation sites excluding steroid dienone is 4. The Balaban J connectivity index is -0.0000000203. The van der Waals surface area contributed by atoms with E-state index >= 15 is 0 Å². The van der Waals surface area contributed by atoms with Crippen LogP contribution in [0.1, 0.15) is 41.0 Å². The fraction of sp³-hybridized carbons (Fsp3) is 0.400. The van der Waals surface area contributed by atoms with Gasteiger partial charge in [0.25, 0.3) is 0 Å². The molecule has 0 aromatic heterocycles. The van der Waals surface area contributed by atoms with E-state index in [1.54, 1.807) is 34.6 Å². The Labute approximate surface area is 125 Å². The van der Waals surface area contributed by atoms with Gasteiger partial charge in [0, 0.05) is 25.8 Å². The first-order valence-electron chi connectivity index (χ1n) is 5.25. The zero-order valence-electron chi connectivity index (χ0n) is 12.0. The summed E-state index contributed by atoms with van der Waals surface area (Å²) < 4.78 is 0. The van der Waals surface area contributed by atoms with Gasteiger partial charge in [-0.05, 0) is 0 Å². The maximum atomic E-state index is 3.25. The van der Waals surface area contributed by atoms with Crippen molar-refractivity contribution in [3.63, 3.8) is 0 Å². The molecular weight excluding hydrogens is 359 g/mol. The van der Waals surface area contributed by atoms with E-state index < -0.39 is 0 Å². The van der Waals surface area contributed by atoms with Gasteiger partial charge in [-0.25, -0.2) is 12.2 Å². The van der Waals surface area contributed by atoms with E-state index in [0.29, 0.717) is 0 Å². The normalized spacial score (nSPS) is 7.38. The first-order chi connectivity index (χ1) is 7.50. The van der Waals surface area contributed by atoms with Crippen molar-refractivity contribution >= 4 is 0 Å². The summed E-state index contributed by atoms with van der Waals surface area (Å²) in [6.07, 6.45) is 10.0. The van der Waals surface area contributed by atoms with Crippen LogP contribution in [-0.4, -0.2) is 0 Å². The zero-order valence-corrected chi connectivity index (χ0v) is 15.6. The van der Waals surface area contributed by atoms with E-state index in [1.807, 2.05) is 12.2 Å². The van der Waals surface area contributed by atoms with Gasteiger partial charge in [0.05, 0.1) is 0 Å². The Morgan fingerprint density at radius 2 is 1.06 bits per heavy atom. The van der Waals surface area contributed by atoms with Crippen molar-refractivity contribution in [2.45, 2.75) is 41.0 Å². The fourth-order valence-electron chi connectivity index (χ4n) is 0.340. The molecule has 0 saturated carbocycles. The van der Waals surface area contributed by atoms with Crippen LogP contribution in [0.3, 0.4) is 0 Å². The monoisotopic (exact) mass is 390 g/mol. The van der Waals surface area contributed by atoms with Crippen molar-refractivity contribution in [2.75, 3.05) is 0 Å². The average Bonchev–Trinajstić information content (AvgIpc) is 3.00. The van der Waals surface area contributed by atoms with E-state index in [4.69, 9.17) is 0 Å². The average molecular weight is 389 g/mol. The second kappa shape index (κ2) is 110. The molecule has 0 fully saturated rings. The van der Waals surface area contributed by atoms with E-state index in [2.05, 4.69) is 46.8 Å². The quantitative estimate of drug-likeness (QED) is 0.379. The third-order valence-corrected chi connectivity index (χ3v) is 0.586. The van der Waals surface area contributed by atoms with Gasteiger partial charge in [0.2, 0.25) is 0 Å². The van der Waals surface area contributed by atoms with E-state index in [1.165, 1.54) is 0 Å². The van der Waals surface area contributed by atoms with Gasteiger partial charge in [-0.2, -0.15) is 40.7 Å². The third kappa shape index (κ3) is 89.4. The van der Waals surface area contributed by atoms with Crippen molar-refractivity contribution in [1.29, 1.82) is 0 Å². The number of hydrogen-bond acceptors (Lipinski definition) is 0. The van der Waals surface area contributed by atoms with Crippen molar-refractivity contribution in [1.82, 2.24) is 0 Å². The van der Waals surface area contributed by atoms with Gasteiger partial charge < -0.3 is 34.6 Å². The molecule has 0 aliphatic heterocycles. The van der Waals surface area contributed by atoms with Crippen LogP contribution >= 0.6 is 0 Å². The van der Waals surface area contributed by atoms with Crippen LogP contribution < -0.4 is 0 Å². The minimum absolute atomic E-state index is 0.